The van der Waals surface area contributed by atoms with Crippen molar-refractivity contribution < 1.29 is 4.55 Å². The van der Waals surface area contributed by atoms with Gasteiger partial charge >= 0.3 is 5.16 Å². The number of nitrogens with zero attached hydrogens (tertiary/aromatic N) is 2. The van der Waals surface area contributed by atoms with E-state index >= 15 is 0 Å². The second-order valence-corrected chi connectivity index (χ2v) is 3.72. The number of nitrogens with one attached hydrogen (secondary N) is 2. The quantitative estimate of drug-likeness (QED) is 0.471. The highest BCUT2D eigenvalue weighted by molar-refractivity contribution is 7.90. The molecule has 0 saturated heterocycles. The molecule has 0 aliphatic carbocycles. The molecular formula is C6H6N4O2S. The minimum Gasteiger partial charge on any atom is -0.609 e. The summed E-state index contributed by atoms with van der Waals surface area (Å²) in [4.78, 5) is 18.7. The maximum atomic E-state index is 11.0. The summed E-state index contributed by atoms with van der Waals surface area (Å²) < 4.78 is 11.0. The van der Waals surface area contributed by atoms with Crippen molar-refractivity contribution in [1.82, 2.24) is 20.2 Å². The summed E-state index contributed by atoms with van der Waals surface area (Å²) in [5.74, 6) is 0. The van der Waals surface area contributed by atoms with Crippen molar-refractivity contribution in [3.63, 3.8) is 0 Å². The average molecular weight is 198 g/mol. The monoisotopic (exact) mass is 198 g/mol. The molecule has 0 radical (unpaired) electrons. The highest BCUT2D eigenvalue weighted by Gasteiger charge is 2.11. The normalized spacial score (nSPS) is 13.4. The Kier molecular flexibility index (Phi) is 1.82. The number of hydrogen-bond acceptors (Lipinski definition) is 4. The van der Waals surface area contributed by atoms with Gasteiger partial charge in [0.2, 0.25) is 0 Å². The topological polar surface area (TPSA) is 97.5 Å². The lowest BCUT2D eigenvalue weighted by molar-refractivity contribution is 0.592. The molecule has 6 nitrogen and oxygen atoms in total. The van der Waals surface area contributed by atoms with E-state index in [9.17, 15) is 9.35 Å². The van der Waals surface area contributed by atoms with Crippen LogP contribution in [0.25, 0.3) is 11.0 Å². The van der Waals surface area contributed by atoms with Gasteiger partial charge in [0.15, 0.2) is 5.65 Å². The zero-order valence-corrected chi connectivity index (χ0v) is 7.51. The van der Waals surface area contributed by atoms with Crippen molar-refractivity contribution in [1.29, 1.82) is 0 Å². The third kappa shape index (κ3) is 1.31. The standard InChI is InChI=1S/C6H6N4O2S/c1-13(12)6-7-2-3-4(8-6)9-10-5(3)11/h2H,1H3,(H2,7,8,9,10,11). The molecule has 68 valence electrons. The van der Waals surface area contributed by atoms with Crippen LogP contribution in [0.5, 0.6) is 0 Å². The molecule has 2 N–H and O–H groups in total. The summed E-state index contributed by atoms with van der Waals surface area (Å²) in [5, 5.41) is 5.50. The van der Waals surface area contributed by atoms with E-state index in [4.69, 9.17) is 0 Å². The molecule has 2 aromatic heterocycles. The van der Waals surface area contributed by atoms with Crippen LogP contribution < -0.4 is 5.56 Å². The van der Waals surface area contributed by atoms with Crippen molar-refractivity contribution in [3.05, 3.63) is 16.6 Å². The van der Waals surface area contributed by atoms with Crippen LogP contribution in [0.1, 0.15) is 0 Å². The van der Waals surface area contributed by atoms with E-state index in [1.807, 2.05) is 0 Å². The Balaban J connectivity index is 2.70. The molecule has 1 unspecified atom stereocenters. The van der Waals surface area contributed by atoms with Gasteiger partial charge in [-0.05, 0) is 0 Å². The molecular weight excluding hydrogens is 192 g/mol. The zero-order chi connectivity index (χ0) is 9.42. The maximum absolute atomic E-state index is 11.0. The van der Waals surface area contributed by atoms with Gasteiger partial charge in [0.25, 0.3) is 5.56 Å². The second-order valence-electron chi connectivity index (χ2n) is 2.45. The van der Waals surface area contributed by atoms with Gasteiger partial charge in [-0.2, -0.15) is 9.97 Å². The van der Waals surface area contributed by atoms with Gasteiger partial charge < -0.3 is 4.55 Å². The van der Waals surface area contributed by atoms with Crippen LogP contribution in [0.3, 0.4) is 0 Å². The third-order valence-electron chi connectivity index (χ3n) is 1.56. The van der Waals surface area contributed by atoms with Crippen molar-refractivity contribution in [3.8, 4) is 0 Å². The Morgan fingerprint density at radius 1 is 1.54 bits per heavy atom. The number of H-pyrrole nitrogens is 2. The maximum Gasteiger partial charge on any atom is 0.344 e. The first-order valence-electron chi connectivity index (χ1n) is 3.45. The highest BCUT2D eigenvalue weighted by atomic mass is 32.2. The second kappa shape index (κ2) is 2.86. The van der Waals surface area contributed by atoms with E-state index in [-0.39, 0.29) is 10.7 Å². The Hall–Kier alpha value is -1.34. The molecule has 0 fully saturated rings. The molecule has 2 heterocycles. The molecule has 2 aromatic rings. The van der Waals surface area contributed by atoms with E-state index in [2.05, 4.69) is 20.2 Å². The molecule has 2 rings (SSSR count). The summed E-state index contributed by atoms with van der Waals surface area (Å²) in [7, 11) is 0. The predicted octanol–water partition coefficient (Wildman–Crippen LogP) is -0.616. The summed E-state index contributed by atoms with van der Waals surface area (Å²) in [5.41, 5.74) is 0.105. The average Bonchev–Trinajstić information content (AvgIpc) is 2.47. The predicted molar refractivity (Wildman–Crippen MR) is 46.8 cm³/mol. The SMILES string of the molecule is C[S+]([O-])c1ncc2c(=O)[nH][nH]c2n1. The number of aromatic amines is 2. The van der Waals surface area contributed by atoms with E-state index in [0.29, 0.717) is 11.0 Å². The minimum absolute atomic E-state index is 0.211. The van der Waals surface area contributed by atoms with E-state index in [1.54, 1.807) is 0 Å². The molecule has 0 aliphatic heterocycles. The van der Waals surface area contributed by atoms with Gasteiger partial charge in [0, 0.05) is 11.2 Å². The third-order valence-corrected chi connectivity index (χ3v) is 2.27. The Morgan fingerprint density at radius 2 is 2.31 bits per heavy atom. The Morgan fingerprint density at radius 3 is 3.00 bits per heavy atom. The van der Waals surface area contributed by atoms with Crippen LogP contribution in [0, 0.1) is 0 Å². The highest BCUT2D eigenvalue weighted by Crippen LogP contribution is 2.05. The number of hydrogen-bond donors (Lipinski definition) is 2. The van der Waals surface area contributed by atoms with Crippen molar-refractivity contribution in [2.24, 2.45) is 0 Å². The molecule has 0 bridgehead atoms. The molecule has 1 atom stereocenters. The van der Waals surface area contributed by atoms with E-state index < -0.39 is 11.2 Å². The lowest BCUT2D eigenvalue weighted by atomic mass is 10.4. The van der Waals surface area contributed by atoms with Crippen molar-refractivity contribution >= 4 is 22.2 Å². The number of aromatic nitrogens is 4. The first kappa shape index (κ1) is 8.27. The van der Waals surface area contributed by atoms with Gasteiger partial charge in [-0.3, -0.25) is 15.0 Å². The van der Waals surface area contributed by atoms with Gasteiger partial charge in [0.05, 0.1) is 6.20 Å². The summed E-state index contributed by atoms with van der Waals surface area (Å²) >= 11 is -1.23. The summed E-state index contributed by atoms with van der Waals surface area (Å²) in [6.07, 6.45) is 2.83. The molecule has 0 spiro atoms. The fourth-order valence-corrected chi connectivity index (χ4v) is 1.37. The fourth-order valence-electron chi connectivity index (χ4n) is 0.949. The first-order valence-corrected chi connectivity index (χ1v) is 5.01. The lowest BCUT2D eigenvalue weighted by Gasteiger charge is -1.99. The first-order chi connectivity index (χ1) is 6.18. The summed E-state index contributed by atoms with van der Waals surface area (Å²) in [6, 6.07) is 0. The van der Waals surface area contributed by atoms with Crippen LogP contribution in [-0.4, -0.2) is 31.0 Å². The number of rotatable bonds is 1. The molecule has 0 saturated carbocycles. The lowest BCUT2D eigenvalue weighted by Crippen LogP contribution is -2.04. The minimum atomic E-state index is -1.23. The smallest absolute Gasteiger partial charge is 0.344 e. The van der Waals surface area contributed by atoms with Gasteiger partial charge in [-0.25, -0.2) is 0 Å². The van der Waals surface area contributed by atoms with Crippen LogP contribution in [0.4, 0.5) is 0 Å². The molecule has 0 aliphatic rings. The van der Waals surface area contributed by atoms with Crippen molar-refractivity contribution in [2.45, 2.75) is 5.16 Å². The van der Waals surface area contributed by atoms with E-state index in [0.717, 1.165) is 0 Å². The van der Waals surface area contributed by atoms with Gasteiger partial charge in [-0.15, -0.1) is 0 Å². The summed E-state index contributed by atoms with van der Waals surface area (Å²) in [6.45, 7) is 0. The van der Waals surface area contributed by atoms with Crippen LogP contribution in [0.15, 0.2) is 16.1 Å². The Bertz CT molecular complexity index is 489. The van der Waals surface area contributed by atoms with Crippen LogP contribution in [-0.2, 0) is 11.2 Å². The zero-order valence-electron chi connectivity index (χ0n) is 6.70. The van der Waals surface area contributed by atoms with E-state index in [1.165, 1.54) is 12.5 Å². The molecule has 0 aromatic carbocycles. The number of fused-ring (bicyclic) bond motifs is 1. The molecule has 7 heteroatoms. The van der Waals surface area contributed by atoms with Crippen molar-refractivity contribution in [2.75, 3.05) is 6.26 Å². The van der Waals surface area contributed by atoms with Crippen LogP contribution in [0.2, 0.25) is 0 Å². The molecule has 13 heavy (non-hydrogen) atoms. The van der Waals surface area contributed by atoms with Gasteiger partial charge in [0.1, 0.15) is 11.6 Å². The fraction of sp³-hybridized carbons (Fsp3) is 0.167. The van der Waals surface area contributed by atoms with Gasteiger partial charge in [-0.1, -0.05) is 0 Å². The molecule has 0 amide bonds. The largest absolute Gasteiger partial charge is 0.609 e. The Labute approximate surface area is 75.6 Å². The van der Waals surface area contributed by atoms with Crippen LogP contribution >= 0.6 is 0 Å².